The molecule has 0 saturated carbocycles. The fourth-order valence-corrected chi connectivity index (χ4v) is 3.17. The lowest BCUT2D eigenvalue weighted by atomic mass is 10.1. The Hall–Kier alpha value is -1.65. The minimum Gasteiger partial charge on any atom is -0.371 e. The first-order valence-electron chi connectivity index (χ1n) is 6.62. The van der Waals surface area contributed by atoms with Gasteiger partial charge in [0.2, 0.25) is 0 Å². The Morgan fingerprint density at radius 1 is 1.15 bits per heavy atom. The number of benzene rings is 2. The van der Waals surface area contributed by atoms with Gasteiger partial charge in [-0.15, -0.1) is 0 Å². The molecule has 3 nitrogen and oxygen atoms in total. The smallest absolute Gasteiger partial charge is 0.136 e. The molecule has 20 heavy (non-hydrogen) atoms. The van der Waals surface area contributed by atoms with Crippen LogP contribution in [0.3, 0.4) is 0 Å². The third-order valence-electron chi connectivity index (χ3n) is 3.73. The molecule has 0 amide bonds. The second-order valence-corrected chi connectivity index (χ2v) is 5.89. The lowest BCUT2D eigenvalue weighted by molar-refractivity contribution is 0.0679. The van der Waals surface area contributed by atoms with E-state index in [9.17, 15) is 0 Å². The van der Waals surface area contributed by atoms with Gasteiger partial charge in [-0.2, -0.15) is 0 Å². The van der Waals surface area contributed by atoms with E-state index in [2.05, 4.69) is 55.8 Å². The maximum absolute atomic E-state index is 5.73. The highest BCUT2D eigenvalue weighted by Crippen LogP contribution is 2.31. The largest absolute Gasteiger partial charge is 0.371 e. The van der Waals surface area contributed by atoms with E-state index in [1.807, 2.05) is 18.2 Å². The first-order chi connectivity index (χ1) is 9.83. The molecule has 0 radical (unpaired) electrons. The molecule has 0 aliphatic carbocycles. The molecule has 3 aromatic rings. The van der Waals surface area contributed by atoms with Crippen LogP contribution in [0.15, 0.2) is 53.0 Å². The van der Waals surface area contributed by atoms with E-state index in [-0.39, 0.29) is 6.04 Å². The zero-order chi connectivity index (χ0) is 13.5. The maximum atomic E-state index is 5.73. The lowest BCUT2D eigenvalue weighted by Gasteiger charge is -2.26. The molecule has 1 aliphatic heterocycles. The maximum Gasteiger partial charge on any atom is 0.136 e. The van der Waals surface area contributed by atoms with Gasteiger partial charge in [-0.05, 0) is 23.8 Å². The summed E-state index contributed by atoms with van der Waals surface area (Å²) in [7, 11) is 0. The second kappa shape index (κ2) is 4.72. The topological polar surface area (TPSA) is 27.1 Å². The third-order valence-corrected chi connectivity index (χ3v) is 4.22. The van der Waals surface area contributed by atoms with Crippen molar-refractivity contribution in [2.75, 3.05) is 6.61 Å². The molecule has 0 fully saturated rings. The fraction of sp³-hybridized carbons (Fsp3) is 0.188. The van der Waals surface area contributed by atoms with Crippen LogP contribution < -0.4 is 0 Å². The first-order valence-corrected chi connectivity index (χ1v) is 7.41. The number of aromatic nitrogens is 2. The molecule has 0 bridgehead atoms. The molecular formula is C16H13BrN2O. The number of imidazole rings is 1. The van der Waals surface area contributed by atoms with Crippen molar-refractivity contribution in [1.82, 2.24) is 9.55 Å². The van der Waals surface area contributed by atoms with Crippen molar-refractivity contribution in [3.63, 3.8) is 0 Å². The van der Waals surface area contributed by atoms with E-state index in [0.29, 0.717) is 13.2 Å². The Morgan fingerprint density at radius 3 is 2.85 bits per heavy atom. The molecule has 0 unspecified atom stereocenters. The van der Waals surface area contributed by atoms with Crippen LogP contribution in [0.25, 0.3) is 11.0 Å². The normalized spacial score (nSPS) is 18.1. The van der Waals surface area contributed by atoms with Crippen molar-refractivity contribution in [3.05, 3.63) is 64.4 Å². The van der Waals surface area contributed by atoms with E-state index in [1.54, 1.807) is 0 Å². The van der Waals surface area contributed by atoms with Crippen molar-refractivity contribution in [2.45, 2.75) is 12.6 Å². The van der Waals surface area contributed by atoms with Gasteiger partial charge in [0, 0.05) is 4.47 Å². The molecule has 1 aliphatic rings. The van der Waals surface area contributed by atoms with Crippen molar-refractivity contribution in [3.8, 4) is 0 Å². The molecule has 0 N–H and O–H groups in total. The zero-order valence-corrected chi connectivity index (χ0v) is 12.4. The molecule has 100 valence electrons. The van der Waals surface area contributed by atoms with E-state index in [1.165, 1.54) is 5.56 Å². The molecule has 2 aromatic carbocycles. The summed E-state index contributed by atoms with van der Waals surface area (Å²) in [6, 6.07) is 16.9. The van der Waals surface area contributed by atoms with Crippen molar-refractivity contribution in [2.24, 2.45) is 0 Å². The van der Waals surface area contributed by atoms with Crippen LogP contribution in [-0.2, 0) is 11.3 Å². The number of rotatable bonds is 1. The summed E-state index contributed by atoms with van der Waals surface area (Å²) >= 11 is 3.55. The average Bonchev–Trinajstić information content (AvgIpc) is 2.86. The van der Waals surface area contributed by atoms with Crippen LogP contribution in [0.1, 0.15) is 17.4 Å². The van der Waals surface area contributed by atoms with Gasteiger partial charge in [-0.1, -0.05) is 46.3 Å². The van der Waals surface area contributed by atoms with Gasteiger partial charge in [0.15, 0.2) is 0 Å². The van der Waals surface area contributed by atoms with Crippen molar-refractivity contribution < 1.29 is 4.74 Å². The Kier molecular flexibility index (Phi) is 2.86. The van der Waals surface area contributed by atoms with Crippen LogP contribution in [0.5, 0.6) is 0 Å². The molecule has 4 rings (SSSR count). The zero-order valence-electron chi connectivity index (χ0n) is 10.8. The number of ether oxygens (including phenoxy) is 1. The van der Waals surface area contributed by atoms with Crippen LogP contribution in [0, 0.1) is 0 Å². The lowest BCUT2D eigenvalue weighted by Crippen LogP contribution is -2.24. The van der Waals surface area contributed by atoms with E-state index in [0.717, 1.165) is 21.3 Å². The highest BCUT2D eigenvalue weighted by atomic mass is 79.9. The van der Waals surface area contributed by atoms with E-state index < -0.39 is 0 Å². The quantitative estimate of drug-likeness (QED) is 0.677. The van der Waals surface area contributed by atoms with Gasteiger partial charge in [0.25, 0.3) is 0 Å². The molecule has 0 spiro atoms. The number of hydrogen-bond donors (Lipinski definition) is 0. The molecular weight excluding hydrogens is 316 g/mol. The summed E-state index contributed by atoms with van der Waals surface area (Å²) in [5, 5.41) is 0. The molecule has 4 heteroatoms. The van der Waals surface area contributed by atoms with E-state index >= 15 is 0 Å². The van der Waals surface area contributed by atoms with Crippen molar-refractivity contribution in [1.29, 1.82) is 0 Å². The Balaban J connectivity index is 1.95. The minimum atomic E-state index is 0.194. The molecule has 2 heterocycles. The predicted molar refractivity (Wildman–Crippen MR) is 81.7 cm³/mol. The van der Waals surface area contributed by atoms with Crippen LogP contribution in [-0.4, -0.2) is 16.2 Å². The summed E-state index contributed by atoms with van der Waals surface area (Å²) in [5.74, 6) is 0.998. The highest BCUT2D eigenvalue weighted by molar-refractivity contribution is 9.10. The van der Waals surface area contributed by atoms with Gasteiger partial charge in [-0.25, -0.2) is 4.98 Å². The molecule has 1 aromatic heterocycles. The van der Waals surface area contributed by atoms with Crippen LogP contribution in [0.4, 0.5) is 0 Å². The van der Waals surface area contributed by atoms with Gasteiger partial charge in [0.1, 0.15) is 12.4 Å². The fourth-order valence-electron chi connectivity index (χ4n) is 2.82. The Labute approximate surface area is 125 Å². The number of halogens is 1. The summed E-state index contributed by atoms with van der Waals surface area (Å²) in [6.45, 7) is 1.27. The molecule has 0 saturated heterocycles. The minimum absolute atomic E-state index is 0.194. The predicted octanol–water partition coefficient (Wildman–Crippen LogP) is 3.92. The standard InChI is InChI=1S/C16H13BrN2O/c17-12-6-7-13-14(8-12)19-15(9-20-10-16(19)18-13)11-4-2-1-3-5-11/h1-8,15H,9-10H2/t15-/m1/s1. The average molecular weight is 329 g/mol. The summed E-state index contributed by atoms with van der Waals surface area (Å²) in [6.07, 6.45) is 0. The SMILES string of the molecule is Brc1ccc2nc3n(c2c1)[C@@H](c1ccccc1)COC3. The Morgan fingerprint density at radius 2 is 2.00 bits per heavy atom. The van der Waals surface area contributed by atoms with Gasteiger partial charge in [0.05, 0.1) is 23.7 Å². The second-order valence-electron chi connectivity index (χ2n) is 4.97. The summed E-state index contributed by atoms with van der Waals surface area (Å²) in [5.41, 5.74) is 3.44. The van der Waals surface area contributed by atoms with Gasteiger partial charge >= 0.3 is 0 Å². The number of nitrogens with zero attached hydrogens (tertiary/aromatic N) is 2. The van der Waals surface area contributed by atoms with Crippen molar-refractivity contribution >= 4 is 27.0 Å². The number of hydrogen-bond acceptors (Lipinski definition) is 2. The monoisotopic (exact) mass is 328 g/mol. The molecule has 1 atom stereocenters. The highest BCUT2D eigenvalue weighted by Gasteiger charge is 2.25. The van der Waals surface area contributed by atoms with E-state index in [4.69, 9.17) is 4.74 Å². The summed E-state index contributed by atoms with van der Waals surface area (Å²) < 4.78 is 9.11. The summed E-state index contributed by atoms with van der Waals surface area (Å²) in [4.78, 5) is 4.69. The Bertz CT molecular complexity index is 767. The van der Waals surface area contributed by atoms with Crippen LogP contribution in [0.2, 0.25) is 0 Å². The number of fused-ring (bicyclic) bond motifs is 3. The first kappa shape index (κ1) is 12.1. The van der Waals surface area contributed by atoms with Gasteiger partial charge < -0.3 is 9.30 Å². The third kappa shape index (κ3) is 1.87. The van der Waals surface area contributed by atoms with Gasteiger partial charge in [-0.3, -0.25) is 0 Å². The van der Waals surface area contributed by atoms with Crippen LogP contribution >= 0.6 is 15.9 Å².